The smallest absolute Gasteiger partial charge is 0.279 e. The minimum Gasteiger partial charge on any atom is -0.338 e. The molecule has 6 heteroatoms. The highest BCUT2D eigenvalue weighted by Crippen LogP contribution is 2.32. The van der Waals surface area contributed by atoms with E-state index < -0.39 is 4.92 Å². The van der Waals surface area contributed by atoms with Gasteiger partial charge in [-0.1, -0.05) is 30.3 Å². The van der Waals surface area contributed by atoms with Gasteiger partial charge in [-0.05, 0) is 29.9 Å². The highest BCUT2D eigenvalue weighted by Gasteiger charge is 2.16. The van der Waals surface area contributed by atoms with Crippen LogP contribution < -0.4 is 5.32 Å². The topological polar surface area (TPSA) is 79.0 Å². The highest BCUT2D eigenvalue weighted by molar-refractivity contribution is 7.81. The average Bonchev–Trinajstić information content (AvgIpc) is 2.48. The van der Waals surface area contributed by atoms with E-state index in [2.05, 4.69) is 5.32 Å². The van der Waals surface area contributed by atoms with E-state index >= 15 is 0 Å². The lowest BCUT2D eigenvalue weighted by Gasteiger charge is -2.06. The first kappa shape index (κ1) is 13.6. The maximum atomic E-state index is 11.2. The van der Waals surface area contributed by atoms with E-state index in [0.717, 1.165) is 5.56 Å². The first-order valence-electron chi connectivity index (χ1n) is 5.67. The highest BCUT2D eigenvalue weighted by atomic mass is 32.1. The van der Waals surface area contributed by atoms with Gasteiger partial charge in [-0.2, -0.15) is 5.26 Å². The zero-order chi connectivity index (χ0) is 14.5. The fourth-order valence-corrected chi connectivity index (χ4v) is 1.90. The maximum Gasteiger partial charge on any atom is 0.279 e. The fraction of sp³-hybridized carbons (Fsp3) is 0. The molecule has 0 saturated heterocycles. The largest absolute Gasteiger partial charge is 0.338 e. The Morgan fingerprint density at radius 2 is 1.95 bits per heavy atom. The first-order chi connectivity index (χ1) is 9.61. The number of hydrogen-bond donors (Lipinski definition) is 1. The lowest BCUT2D eigenvalue weighted by atomic mass is 10.0. The number of hydrogen-bond acceptors (Lipinski definition) is 4. The van der Waals surface area contributed by atoms with Gasteiger partial charge in [0, 0.05) is 11.8 Å². The van der Waals surface area contributed by atoms with Crippen LogP contribution in [0, 0.1) is 21.4 Å². The maximum absolute atomic E-state index is 11.2. The van der Waals surface area contributed by atoms with Gasteiger partial charge in [0.15, 0.2) is 4.99 Å². The summed E-state index contributed by atoms with van der Waals surface area (Å²) in [5.41, 5.74) is 1.66. The summed E-state index contributed by atoms with van der Waals surface area (Å²) in [6, 6.07) is 15.5. The molecule has 0 saturated carbocycles. The number of nitriles is 1. The van der Waals surface area contributed by atoms with Gasteiger partial charge in [0.05, 0.1) is 10.5 Å². The molecule has 0 aliphatic carbocycles. The summed E-state index contributed by atoms with van der Waals surface area (Å²) in [7, 11) is 0. The number of anilines is 1. The van der Waals surface area contributed by atoms with Crippen LogP contribution in [0.15, 0.2) is 48.5 Å². The molecule has 0 atom stereocenters. The van der Waals surface area contributed by atoms with E-state index in [1.54, 1.807) is 30.3 Å². The van der Waals surface area contributed by atoms with Crippen molar-refractivity contribution in [1.29, 1.82) is 5.26 Å². The summed E-state index contributed by atoms with van der Waals surface area (Å²) < 4.78 is 0. The van der Waals surface area contributed by atoms with Crippen LogP contribution in [-0.4, -0.2) is 9.91 Å². The van der Waals surface area contributed by atoms with Gasteiger partial charge in [-0.25, -0.2) is 0 Å². The van der Waals surface area contributed by atoms with Crippen LogP contribution in [0.1, 0.15) is 0 Å². The van der Waals surface area contributed by atoms with Crippen LogP contribution in [0.3, 0.4) is 0 Å². The second-order valence-corrected chi connectivity index (χ2v) is 4.33. The predicted octanol–water partition coefficient (Wildman–Crippen LogP) is 3.52. The third-order valence-electron chi connectivity index (χ3n) is 2.64. The van der Waals surface area contributed by atoms with Crippen molar-refractivity contribution in [3.63, 3.8) is 0 Å². The minimum atomic E-state index is -0.455. The van der Waals surface area contributed by atoms with Gasteiger partial charge in [0.1, 0.15) is 6.07 Å². The molecule has 0 unspecified atom stereocenters. The van der Waals surface area contributed by atoms with E-state index in [4.69, 9.17) is 17.5 Å². The van der Waals surface area contributed by atoms with E-state index in [9.17, 15) is 10.1 Å². The Kier molecular flexibility index (Phi) is 4.03. The van der Waals surface area contributed by atoms with Gasteiger partial charge in [-0.15, -0.1) is 0 Å². The molecule has 0 aromatic heterocycles. The number of nitro groups is 1. The minimum absolute atomic E-state index is 0.0354. The van der Waals surface area contributed by atoms with E-state index in [1.165, 1.54) is 6.07 Å². The molecule has 0 amide bonds. The van der Waals surface area contributed by atoms with Crippen LogP contribution in [0.5, 0.6) is 0 Å². The standard InChI is InChI=1S/C14H9N3O2S/c15-9-14(20)16-11-6-7-12(13(8-11)17(18)19)10-4-2-1-3-5-10/h1-8H,(H,16,20). The lowest BCUT2D eigenvalue weighted by molar-refractivity contribution is -0.384. The van der Waals surface area contributed by atoms with Crippen molar-refractivity contribution < 1.29 is 4.92 Å². The number of rotatable bonds is 3. The molecular formula is C14H9N3O2S. The predicted molar refractivity (Wildman–Crippen MR) is 80.4 cm³/mol. The number of nitro benzene ring substituents is 1. The Morgan fingerprint density at radius 3 is 2.55 bits per heavy atom. The summed E-state index contributed by atoms with van der Waals surface area (Å²) in [5, 5.41) is 22.4. The van der Waals surface area contributed by atoms with E-state index in [1.807, 2.05) is 18.2 Å². The van der Waals surface area contributed by atoms with Gasteiger partial charge in [0.2, 0.25) is 0 Å². The van der Waals surface area contributed by atoms with Crippen LogP contribution in [0.4, 0.5) is 11.4 Å². The van der Waals surface area contributed by atoms with Gasteiger partial charge in [-0.3, -0.25) is 10.1 Å². The molecule has 5 nitrogen and oxygen atoms in total. The summed E-state index contributed by atoms with van der Waals surface area (Å²) in [5.74, 6) is 0. The van der Waals surface area contributed by atoms with Crippen LogP contribution >= 0.6 is 12.2 Å². The Labute approximate surface area is 120 Å². The van der Waals surface area contributed by atoms with Gasteiger partial charge < -0.3 is 5.32 Å². The number of nitrogens with zero attached hydrogens (tertiary/aromatic N) is 2. The molecular weight excluding hydrogens is 274 g/mol. The molecule has 2 aromatic carbocycles. The molecule has 0 aliphatic rings. The van der Waals surface area contributed by atoms with Crippen molar-refractivity contribution >= 4 is 28.6 Å². The molecule has 0 radical (unpaired) electrons. The van der Waals surface area contributed by atoms with Gasteiger partial charge in [0.25, 0.3) is 5.69 Å². The van der Waals surface area contributed by atoms with Crippen LogP contribution in [0.2, 0.25) is 0 Å². The monoisotopic (exact) mass is 283 g/mol. The molecule has 0 heterocycles. The molecule has 98 valence electrons. The molecule has 2 aromatic rings. The molecule has 2 rings (SSSR count). The lowest BCUT2D eigenvalue weighted by Crippen LogP contribution is -2.06. The Bertz CT molecular complexity index is 708. The van der Waals surface area contributed by atoms with Crippen molar-refractivity contribution in [3.8, 4) is 17.2 Å². The SMILES string of the molecule is N#CC(=S)Nc1ccc(-c2ccccc2)c([N+](=O)[O-])c1. The second-order valence-electron chi connectivity index (χ2n) is 3.92. The summed E-state index contributed by atoms with van der Waals surface area (Å²) >= 11 is 4.73. The average molecular weight is 283 g/mol. The zero-order valence-electron chi connectivity index (χ0n) is 10.2. The molecule has 20 heavy (non-hydrogen) atoms. The van der Waals surface area contributed by atoms with E-state index in [0.29, 0.717) is 11.3 Å². The fourth-order valence-electron chi connectivity index (χ4n) is 1.78. The second kappa shape index (κ2) is 5.91. The first-order valence-corrected chi connectivity index (χ1v) is 6.07. The Hall–Kier alpha value is -2.78. The molecule has 0 bridgehead atoms. The van der Waals surface area contributed by atoms with Crippen LogP contribution in [0.25, 0.3) is 11.1 Å². The molecule has 0 spiro atoms. The van der Waals surface area contributed by atoms with E-state index in [-0.39, 0.29) is 10.7 Å². The molecule has 1 N–H and O–H groups in total. The van der Waals surface area contributed by atoms with Crippen molar-refractivity contribution in [2.45, 2.75) is 0 Å². The summed E-state index contributed by atoms with van der Waals surface area (Å²) in [6.45, 7) is 0. The third kappa shape index (κ3) is 2.96. The van der Waals surface area contributed by atoms with Crippen molar-refractivity contribution in [2.24, 2.45) is 0 Å². The number of nitrogens with one attached hydrogen (secondary N) is 1. The molecule has 0 fully saturated rings. The zero-order valence-corrected chi connectivity index (χ0v) is 11.1. The quantitative estimate of drug-likeness (QED) is 0.529. The Balaban J connectivity index is 2.47. The third-order valence-corrected chi connectivity index (χ3v) is 2.83. The number of benzene rings is 2. The van der Waals surface area contributed by atoms with Gasteiger partial charge >= 0.3 is 0 Å². The van der Waals surface area contributed by atoms with Crippen molar-refractivity contribution in [3.05, 3.63) is 58.6 Å². The number of thiocarbonyl (C=S) groups is 1. The van der Waals surface area contributed by atoms with Crippen molar-refractivity contribution in [2.75, 3.05) is 5.32 Å². The Morgan fingerprint density at radius 1 is 1.25 bits per heavy atom. The summed E-state index contributed by atoms with van der Waals surface area (Å²) in [6.07, 6.45) is 0. The summed E-state index contributed by atoms with van der Waals surface area (Å²) in [4.78, 5) is 10.7. The molecule has 0 aliphatic heterocycles. The normalized spacial score (nSPS) is 9.55. The van der Waals surface area contributed by atoms with Crippen LogP contribution in [-0.2, 0) is 0 Å². The van der Waals surface area contributed by atoms with Crippen molar-refractivity contribution in [1.82, 2.24) is 0 Å².